The van der Waals surface area contributed by atoms with Crippen molar-refractivity contribution >= 4 is 6.72 Å². The van der Waals surface area contributed by atoms with Crippen LogP contribution in [0, 0.1) is 0 Å². The first-order valence-corrected chi connectivity index (χ1v) is 4.35. The Hall–Kier alpha value is -1.09. The number of rotatable bonds is 5. The molecule has 0 aromatic rings. The lowest BCUT2D eigenvalue weighted by Gasteiger charge is -2.21. The minimum Gasteiger partial charge on any atom is -0.360 e. The van der Waals surface area contributed by atoms with Gasteiger partial charge in [-0.2, -0.15) is 0 Å². The quantitative estimate of drug-likeness (QED) is 0.514. The van der Waals surface area contributed by atoms with Crippen LogP contribution in [0.2, 0.25) is 0 Å². The number of hydrogen-bond donors (Lipinski definition) is 1. The third-order valence-corrected chi connectivity index (χ3v) is 2.09. The Morgan fingerprint density at radius 1 is 1.69 bits per heavy atom. The molecule has 0 spiro atoms. The largest absolute Gasteiger partial charge is 0.360 e. The molecule has 0 aliphatic carbocycles. The maximum Gasteiger partial charge on any atom is 0.128 e. The van der Waals surface area contributed by atoms with E-state index in [1.807, 2.05) is 18.9 Å². The van der Waals surface area contributed by atoms with Gasteiger partial charge in [-0.15, -0.1) is 6.58 Å². The van der Waals surface area contributed by atoms with Crippen LogP contribution in [0.4, 0.5) is 0 Å². The molecule has 0 saturated heterocycles. The monoisotopic (exact) mass is 181 g/mol. The summed E-state index contributed by atoms with van der Waals surface area (Å²) in [5.41, 5.74) is 6.79. The van der Waals surface area contributed by atoms with Crippen molar-refractivity contribution in [2.75, 3.05) is 13.6 Å². The normalized spacial score (nSPS) is 14.5. The fraction of sp³-hybridized carbons (Fsp3) is 0.500. The van der Waals surface area contributed by atoms with Crippen molar-refractivity contribution in [2.45, 2.75) is 19.9 Å². The van der Waals surface area contributed by atoms with E-state index in [1.54, 1.807) is 6.08 Å². The zero-order chi connectivity index (χ0) is 10.4. The zero-order valence-electron chi connectivity index (χ0n) is 8.75. The average molecular weight is 181 g/mol. The Morgan fingerprint density at radius 3 is 2.54 bits per heavy atom. The van der Waals surface area contributed by atoms with Gasteiger partial charge in [0.05, 0.1) is 0 Å². The van der Waals surface area contributed by atoms with Gasteiger partial charge in [0.15, 0.2) is 0 Å². The first kappa shape index (κ1) is 11.9. The highest BCUT2D eigenvalue weighted by Crippen LogP contribution is 2.12. The minimum absolute atomic E-state index is 0.144. The Bertz CT molecular complexity index is 218. The van der Waals surface area contributed by atoms with Gasteiger partial charge < -0.3 is 10.6 Å². The standard InChI is InChI=1S/C10H19N3/c1-6-9(11)8(3)10(12-4)13(5)7-2/h6,9H,1,4,7,11H2,2-3,5H3/b10-8+. The highest BCUT2D eigenvalue weighted by molar-refractivity contribution is 5.32. The van der Waals surface area contributed by atoms with Gasteiger partial charge in [-0.1, -0.05) is 6.08 Å². The molecule has 0 amide bonds. The van der Waals surface area contributed by atoms with E-state index >= 15 is 0 Å². The second kappa shape index (κ2) is 5.54. The fourth-order valence-corrected chi connectivity index (χ4v) is 1.02. The summed E-state index contributed by atoms with van der Waals surface area (Å²) in [4.78, 5) is 5.96. The molecular formula is C10H19N3. The first-order valence-electron chi connectivity index (χ1n) is 4.35. The van der Waals surface area contributed by atoms with Crippen LogP contribution in [0.3, 0.4) is 0 Å². The molecule has 74 valence electrons. The van der Waals surface area contributed by atoms with Crippen LogP contribution in [0.5, 0.6) is 0 Å². The van der Waals surface area contributed by atoms with E-state index in [0.29, 0.717) is 0 Å². The second-order valence-electron chi connectivity index (χ2n) is 2.94. The van der Waals surface area contributed by atoms with Gasteiger partial charge >= 0.3 is 0 Å². The molecule has 3 heteroatoms. The van der Waals surface area contributed by atoms with E-state index in [0.717, 1.165) is 17.9 Å². The van der Waals surface area contributed by atoms with Gasteiger partial charge in [-0.25, -0.2) is 4.99 Å². The zero-order valence-corrected chi connectivity index (χ0v) is 8.75. The van der Waals surface area contributed by atoms with Crippen molar-refractivity contribution in [3.8, 4) is 0 Å². The number of aliphatic imine (C=N–C) groups is 1. The van der Waals surface area contributed by atoms with E-state index in [2.05, 4.69) is 25.2 Å². The maximum atomic E-state index is 5.80. The Balaban J connectivity index is 4.87. The van der Waals surface area contributed by atoms with Crippen molar-refractivity contribution in [3.63, 3.8) is 0 Å². The van der Waals surface area contributed by atoms with Crippen molar-refractivity contribution in [3.05, 3.63) is 24.0 Å². The van der Waals surface area contributed by atoms with Crippen molar-refractivity contribution < 1.29 is 0 Å². The predicted molar refractivity (Wildman–Crippen MR) is 58.7 cm³/mol. The lowest BCUT2D eigenvalue weighted by molar-refractivity contribution is 0.430. The predicted octanol–water partition coefficient (Wildman–Crippen LogP) is 1.38. The Morgan fingerprint density at radius 2 is 2.23 bits per heavy atom. The van der Waals surface area contributed by atoms with Crippen LogP contribution < -0.4 is 5.73 Å². The van der Waals surface area contributed by atoms with Gasteiger partial charge in [0.25, 0.3) is 0 Å². The van der Waals surface area contributed by atoms with Crippen LogP contribution in [0.25, 0.3) is 0 Å². The summed E-state index contributed by atoms with van der Waals surface area (Å²) < 4.78 is 0. The molecule has 0 aromatic heterocycles. The molecule has 13 heavy (non-hydrogen) atoms. The third kappa shape index (κ3) is 3.03. The van der Waals surface area contributed by atoms with Crippen molar-refractivity contribution in [1.82, 2.24) is 4.90 Å². The Kier molecular flexibility index (Phi) is 5.07. The molecule has 0 aromatic carbocycles. The van der Waals surface area contributed by atoms with E-state index in [4.69, 9.17) is 5.73 Å². The van der Waals surface area contributed by atoms with E-state index < -0.39 is 0 Å². The molecule has 0 heterocycles. The number of nitrogens with zero attached hydrogens (tertiary/aromatic N) is 2. The summed E-state index contributed by atoms with van der Waals surface area (Å²) in [5.74, 6) is 0.843. The molecule has 0 aliphatic heterocycles. The summed E-state index contributed by atoms with van der Waals surface area (Å²) in [7, 11) is 1.96. The minimum atomic E-state index is -0.144. The van der Waals surface area contributed by atoms with Gasteiger partial charge in [0, 0.05) is 19.6 Å². The SMILES string of the molecule is C=CC(N)/C(C)=C(\N=C)N(C)CC. The van der Waals surface area contributed by atoms with Gasteiger partial charge in [-0.05, 0) is 26.1 Å². The average Bonchev–Trinajstić information content (AvgIpc) is 2.17. The highest BCUT2D eigenvalue weighted by Gasteiger charge is 2.08. The van der Waals surface area contributed by atoms with Crippen molar-refractivity contribution in [2.24, 2.45) is 10.7 Å². The molecule has 0 aliphatic rings. The molecule has 3 nitrogen and oxygen atoms in total. The summed E-state index contributed by atoms with van der Waals surface area (Å²) in [6, 6.07) is -0.144. The van der Waals surface area contributed by atoms with Gasteiger partial charge in [0.1, 0.15) is 5.82 Å². The van der Waals surface area contributed by atoms with Crippen LogP contribution in [0.15, 0.2) is 29.0 Å². The highest BCUT2D eigenvalue weighted by atomic mass is 15.2. The summed E-state index contributed by atoms with van der Waals surface area (Å²) in [5, 5.41) is 0. The topological polar surface area (TPSA) is 41.6 Å². The molecule has 0 fully saturated rings. The van der Waals surface area contributed by atoms with Crippen molar-refractivity contribution in [1.29, 1.82) is 0 Å². The van der Waals surface area contributed by atoms with E-state index in [9.17, 15) is 0 Å². The molecule has 1 unspecified atom stereocenters. The number of nitrogens with two attached hydrogens (primary N) is 1. The lowest BCUT2D eigenvalue weighted by Crippen LogP contribution is -2.25. The molecule has 2 N–H and O–H groups in total. The molecular weight excluding hydrogens is 162 g/mol. The molecule has 0 bridgehead atoms. The molecule has 1 atom stereocenters. The molecule has 0 rings (SSSR count). The number of hydrogen-bond acceptors (Lipinski definition) is 3. The van der Waals surface area contributed by atoms with E-state index in [-0.39, 0.29) is 6.04 Å². The van der Waals surface area contributed by atoms with Crippen LogP contribution >= 0.6 is 0 Å². The van der Waals surface area contributed by atoms with Gasteiger partial charge in [-0.3, -0.25) is 0 Å². The van der Waals surface area contributed by atoms with Crippen LogP contribution in [-0.4, -0.2) is 31.3 Å². The Labute approximate surface area is 80.6 Å². The van der Waals surface area contributed by atoms with E-state index in [1.165, 1.54) is 0 Å². The molecule has 0 radical (unpaired) electrons. The summed E-state index contributed by atoms with van der Waals surface area (Å²) >= 11 is 0. The third-order valence-electron chi connectivity index (χ3n) is 2.09. The van der Waals surface area contributed by atoms with Crippen LogP contribution in [-0.2, 0) is 0 Å². The fourth-order valence-electron chi connectivity index (χ4n) is 1.02. The second-order valence-corrected chi connectivity index (χ2v) is 2.94. The van der Waals surface area contributed by atoms with Gasteiger partial charge in [0.2, 0.25) is 0 Å². The smallest absolute Gasteiger partial charge is 0.128 e. The summed E-state index contributed by atoms with van der Waals surface area (Å²) in [6.45, 7) is 12.1. The summed E-state index contributed by atoms with van der Waals surface area (Å²) in [6.07, 6.45) is 1.70. The van der Waals surface area contributed by atoms with Crippen LogP contribution in [0.1, 0.15) is 13.8 Å². The molecule has 0 saturated carbocycles. The lowest BCUT2D eigenvalue weighted by atomic mass is 10.1. The maximum absolute atomic E-state index is 5.80. The first-order chi connectivity index (χ1) is 6.08.